The monoisotopic (exact) mass is 156 g/mol. The molecule has 0 saturated heterocycles. The number of hydrogen-bond donors (Lipinski definition) is 1. The lowest BCUT2D eigenvalue weighted by molar-refractivity contribution is 0.0374. The van der Waals surface area contributed by atoms with Crippen molar-refractivity contribution in [1.82, 2.24) is 0 Å². The van der Waals surface area contributed by atoms with Crippen molar-refractivity contribution in [3.8, 4) is 12.3 Å². The molecular weight excluding hydrogens is 140 g/mol. The van der Waals surface area contributed by atoms with Gasteiger partial charge >= 0.3 is 0 Å². The van der Waals surface area contributed by atoms with Crippen molar-refractivity contribution in [1.29, 1.82) is 0 Å². The summed E-state index contributed by atoms with van der Waals surface area (Å²) in [6.07, 6.45) is 7.07. The van der Waals surface area contributed by atoms with Gasteiger partial charge in [-0.05, 0) is 19.8 Å². The van der Waals surface area contributed by atoms with Gasteiger partial charge in [-0.15, -0.1) is 12.3 Å². The SMILES string of the molecule is C#CCCCC(O)COCC. The average molecular weight is 156 g/mol. The predicted octanol–water partition coefficient (Wildman–Crippen LogP) is 1.19. The van der Waals surface area contributed by atoms with E-state index in [9.17, 15) is 5.11 Å². The number of aliphatic hydroxyl groups excluding tert-OH is 1. The van der Waals surface area contributed by atoms with Gasteiger partial charge in [-0.25, -0.2) is 0 Å². The van der Waals surface area contributed by atoms with E-state index in [0.29, 0.717) is 13.2 Å². The fraction of sp³-hybridized carbons (Fsp3) is 0.778. The van der Waals surface area contributed by atoms with Crippen LogP contribution in [0.2, 0.25) is 0 Å². The lowest BCUT2D eigenvalue weighted by Crippen LogP contribution is -2.14. The van der Waals surface area contributed by atoms with Gasteiger partial charge in [0.05, 0.1) is 12.7 Å². The van der Waals surface area contributed by atoms with E-state index >= 15 is 0 Å². The van der Waals surface area contributed by atoms with E-state index in [-0.39, 0.29) is 6.10 Å². The van der Waals surface area contributed by atoms with Crippen LogP contribution >= 0.6 is 0 Å². The van der Waals surface area contributed by atoms with Crippen molar-refractivity contribution in [3.63, 3.8) is 0 Å². The normalized spacial score (nSPS) is 12.5. The highest BCUT2D eigenvalue weighted by Gasteiger charge is 2.01. The Kier molecular flexibility index (Phi) is 7.23. The van der Waals surface area contributed by atoms with E-state index < -0.39 is 0 Å². The second kappa shape index (κ2) is 7.59. The van der Waals surface area contributed by atoms with E-state index in [2.05, 4.69) is 5.92 Å². The molecule has 0 heterocycles. The van der Waals surface area contributed by atoms with Crippen molar-refractivity contribution in [3.05, 3.63) is 0 Å². The molecule has 2 heteroatoms. The molecule has 1 atom stereocenters. The molecule has 0 aromatic carbocycles. The summed E-state index contributed by atoms with van der Waals surface area (Å²) in [4.78, 5) is 0. The Morgan fingerprint density at radius 2 is 2.36 bits per heavy atom. The second-order valence-corrected chi connectivity index (χ2v) is 2.41. The molecular formula is C9H16O2. The zero-order valence-corrected chi connectivity index (χ0v) is 7.05. The van der Waals surface area contributed by atoms with Crippen LogP contribution < -0.4 is 0 Å². The molecule has 0 aliphatic carbocycles. The van der Waals surface area contributed by atoms with Crippen LogP contribution in [0.4, 0.5) is 0 Å². The summed E-state index contributed by atoms with van der Waals surface area (Å²) < 4.78 is 5.02. The Morgan fingerprint density at radius 1 is 1.64 bits per heavy atom. The van der Waals surface area contributed by atoms with Gasteiger partial charge in [-0.2, -0.15) is 0 Å². The van der Waals surface area contributed by atoms with Crippen molar-refractivity contribution >= 4 is 0 Å². The minimum absolute atomic E-state index is 0.344. The molecule has 64 valence electrons. The molecule has 0 radical (unpaired) electrons. The van der Waals surface area contributed by atoms with Crippen molar-refractivity contribution in [2.45, 2.75) is 32.3 Å². The maximum atomic E-state index is 9.21. The number of ether oxygens (including phenoxy) is 1. The first-order valence-electron chi connectivity index (χ1n) is 4.00. The van der Waals surface area contributed by atoms with Gasteiger partial charge in [-0.1, -0.05) is 0 Å². The first-order valence-corrected chi connectivity index (χ1v) is 4.00. The number of aliphatic hydroxyl groups is 1. The van der Waals surface area contributed by atoms with Crippen molar-refractivity contribution in [2.75, 3.05) is 13.2 Å². The highest BCUT2D eigenvalue weighted by molar-refractivity contribution is 4.83. The van der Waals surface area contributed by atoms with Crippen molar-refractivity contribution < 1.29 is 9.84 Å². The van der Waals surface area contributed by atoms with Gasteiger partial charge < -0.3 is 9.84 Å². The predicted molar refractivity (Wildman–Crippen MR) is 45.2 cm³/mol. The van der Waals surface area contributed by atoms with Gasteiger partial charge in [0.1, 0.15) is 0 Å². The van der Waals surface area contributed by atoms with Gasteiger partial charge in [0.15, 0.2) is 0 Å². The highest BCUT2D eigenvalue weighted by Crippen LogP contribution is 2.00. The van der Waals surface area contributed by atoms with Gasteiger partial charge in [0.25, 0.3) is 0 Å². The minimum atomic E-state index is -0.344. The molecule has 0 spiro atoms. The van der Waals surface area contributed by atoms with Crippen LogP contribution in [0.25, 0.3) is 0 Å². The fourth-order valence-corrected chi connectivity index (χ4v) is 0.777. The first kappa shape index (κ1) is 10.5. The summed E-state index contributed by atoms with van der Waals surface area (Å²) in [5.74, 6) is 2.53. The molecule has 2 nitrogen and oxygen atoms in total. The molecule has 0 aliphatic rings. The van der Waals surface area contributed by atoms with Gasteiger partial charge in [0, 0.05) is 13.0 Å². The Morgan fingerprint density at radius 3 is 2.91 bits per heavy atom. The van der Waals surface area contributed by atoms with Crippen LogP contribution in [-0.2, 0) is 4.74 Å². The topological polar surface area (TPSA) is 29.5 Å². The summed E-state index contributed by atoms with van der Waals surface area (Å²) in [7, 11) is 0. The zero-order chi connectivity index (χ0) is 8.53. The molecule has 1 unspecified atom stereocenters. The van der Waals surface area contributed by atoms with Crippen LogP contribution in [0, 0.1) is 12.3 Å². The second-order valence-electron chi connectivity index (χ2n) is 2.41. The van der Waals surface area contributed by atoms with Crippen molar-refractivity contribution in [2.24, 2.45) is 0 Å². The molecule has 0 rings (SSSR count). The standard InChI is InChI=1S/C9H16O2/c1-3-5-6-7-9(10)8-11-4-2/h1,9-10H,4-8H2,2H3. The van der Waals surface area contributed by atoms with Gasteiger partial charge in [0.2, 0.25) is 0 Å². The average Bonchev–Trinajstić information content (AvgIpc) is 2.01. The molecule has 0 aliphatic heterocycles. The minimum Gasteiger partial charge on any atom is -0.391 e. The van der Waals surface area contributed by atoms with E-state index in [1.165, 1.54) is 0 Å². The third kappa shape index (κ3) is 7.38. The van der Waals surface area contributed by atoms with Gasteiger partial charge in [-0.3, -0.25) is 0 Å². The molecule has 11 heavy (non-hydrogen) atoms. The van der Waals surface area contributed by atoms with Crippen LogP contribution in [0.3, 0.4) is 0 Å². The Hall–Kier alpha value is -0.520. The summed E-state index contributed by atoms with van der Waals surface area (Å²) in [5, 5.41) is 9.21. The Balaban J connectivity index is 3.10. The molecule has 0 fully saturated rings. The van der Waals surface area contributed by atoms with E-state index in [1.807, 2.05) is 6.92 Å². The maximum absolute atomic E-state index is 9.21. The third-order valence-electron chi connectivity index (χ3n) is 1.37. The summed E-state index contributed by atoms with van der Waals surface area (Å²) in [6.45, 7) is 3.00. The van der Waals surface area contributed by atoms with E-state index in [4.69, 9.17) is 11.2 Å². The van der Waals surface area contributed by atoms with Crippen LogP contribution in [0.5, 0.6) is 0 Å². The molecule has 0 aromatic rings. The lowest BCUT2D eigenvalue weighted by Gasteiger charge is -2.08. The third-order valence-corrected chi connectivity index (χ3v) is 1.37. The fourth-order valence-electron chi connectivity index (χ4n) is 0.777. The largest absolute Gasteiger partial charge is 0.391 e. The maximum Gasteiger partial charge on any atom is 0.0774 e. The first-order chi connectivity index (χ1) is 5.31. The highest BCUT2D eigenvalue weighted by atomic mass is 16.5. The smallest absolute Gasteiger partial charge is 0.0774 e. The van der Waals surface area contributed by atoms with Crippen LogP contribution in [0.15, 0.2) is 0 Å². The lowest BCUT2D eigenvalue weighted by atomic mass is 10.2. The van der Waals surface area contributed by atoms with Crippen LogP contribution in [0.1, 0.15) is 26.2 Å². The molecule has 0 saturated carbocycles. The number of terminal acetylenes is 1. The number of rotatable bonds is 6. The number of unbranched alkanes of at least 4 members (excludes halogenated alkanes) is 1. The molecule has 1 N–H and O–H groups in total. The molecule has 0 aromatic heterocycles. The van der Waals surface area contributed by atoms with E-state index in [1.54, 1.807) is 0 Å². The Bertz CT molecular complexity index is 115. The summed E-state index contributed by atoms with van der Waals surface area (Å²) in [6, 6.07) is 0. The molecule has 0 bridgehead atoms. The zero-order valence-electron chi connectivity index (χ0n) is 7.05. The quantitative estimate of drug-likeness (QED) is 0.462. The molecule has 0 amide bonds. The summed E-state index contributed by atoms with van der Waals surface area (Å²) in [5.41, 5.74) is 0. The van der Waals surface area contributed by atoms with Crippen LogP contribution in [-0.4, -0.2) is 24.4 Å². The number of hydrogen-bond acceptors (Lipinski definition) is 2. The Labute approximate surface area is 68.6 Å². The summed E-state index contributed by atoms with van der Waals surface area (Å²) >= 11 is 0. The van der Waals surface area contributed by atoms with E-state index in [0.717, 1.165) is 19.3 Å².